The van der Waals surface area contributed by atoms with Crippen molar-refractivity contribution in [2.45, 2.75) is 13.8 Å². The van der Waals surface area contributed by atoms with Crippen LogP contribution in [-0.2, 0) is 0 Å². The Bertz CT molecular complexity index is 337. The van der Waals surface area contributed by atoms with Gasteiger partial charge < -0.3 is 10.5 Å². The van der Waals surface area contributed by atoms with Gasteiger partial charge in [0.15, 0.2) is 0 Å². The van der Waals surface area contributed by atoms with Crippen LogP contribution in [0.25, 0.3) is 0 Å². The lowest BCUT2D eigenvalue weighted by molar-refractivity contribution is 0.0213. The molecule has 0 atom stereocenters. The lowest BCUT2D eigenvalue weighted by Gasteiger charge is -2.45. The molecule has 0 aromatic heterocycles. The second kappa shape index (κ2) is 4.34. The van der Waals surface area contributed by atoms with Crippen LogP contribution < -0.4 is 10.5 Å². The Hall–Kier alpha value is -1.22. The molecule has 0 unspecified atom stereocenters. The van der Waals surface area contributed by atoms with Crippen molar-refractivity contribution in [2.75, 3.05) is 32.0 Å². The number of benzene rings is 1. The van der Waals surface area contributed by atoms with E-state index in [9.17, 15) is 0 Å². The lowest BCUT2D eigenvalue weighted by atomic mass is 9.84. The monoisotopic (exact) mass is 220 g/mol. The molecule has 3 nitrogen and oxygen atoms in total. The highest BCUT2D eigenvalue weighted by atomic mass is 16.5. The van der Waals surface area contributed by atoms with Crippen molar-refractivity contribution in [3.63, 3.8) is 0 Å². The largest absolute Gasteiger partial charge is 0.492 e. The standard InChI is InChI=1S/C13H20N2O/c1-13(2)9-15(10-13)7-8-16-12-5-3-11(14)4-6-12/h3-6H,7-10,14H2,1-2H3. The van der Waals surface area contributed by atoms with Gasteiger partial charge in [0.2, 0.25) is 0 Å². The molecule has 0 spiro atoms. The van der Waals surface area contributed by atoms with Crippen LogP contribution in [0.1, 0.15) is 13.8 Å². The van der Waals surface area contributed by atoms with Crippen LogP contribution in [0, 0.1) is 5.41 Å². The number of ether oxygens (including phenoxy) is 1. The zero-order valence-corrected chi connectivity index (χ0v) is 10.1. The van der Waals surface area contributed by atoms with Crippen LogP contribution in [0.2, 0.25) is 0 Å². The molecule has 16 heavy (non-hydrogen) atoms. The summed E-state index contributed by atoms with van der Waals surface area (Å²) < 4.78 is 5.64. The molecule has 1 fully saturated rings. The number of likely N-dealkylation sites (tertiary alicyclic amines) is 1. The number of nitrogens with two attached hydrogens (primary N) is 1. The molecule has 1 aliphatic rings. The SMILES string of the molecule is CC1(C)CN(CCOc2ccc(N)cc2)C1. The minimum atomic E-state index is 0.501. The van der Waals surface area contributed by atoms with Crippen molar-refractivity contribution < 1.29 is 4.74 Å². The number of anilines is 1. The first-order valence-electron chi connectivity index (χ1n) is 5.76. The van der Waals surface area contributed by atoms with E-state index in [2.05, 4.69) is 18.7 Å². The predicted molar refractivity (Wildman–Crippen MR) is 66.6 cm³/mol. The Kier molecular flexibility index (Phi) is 3.06. The van der Waals surface area contributed by atoms with E-state index in [1.54, 1.807) is 0 Å². The van der Waals surface area contributed by atoms with Gasteiger partial charge in [-0.2, -0.15) is 0 Å². The van der Waals surface area contributed by atoms with E-state index >= 15 is 0 Å². The van der Waals surface area contributed by atoms with Crippen molar-refractivity contribution in [3.8, 4) is 5.75 Å². The van der Waals surface area contributed by atoms with Crippen LogP contribution in [0.4, 0.5) is 5.69 Å². The molecule has 88 valence electrons. The van der Waals surface area contributed by atoms with E-state index in [-0.39, 0.29) is 0 Å². The summed E-state index contributed by atoms with van der Waals surface area (Å²) in [7, 11) is 0. The first kappa shape index (κ1) is 11.3. The summed E-state index contributed by atoms with van der Waals surface area (Å²) in [6, 6.07) is 7.55. The van der Waals surface area contributed by atoms with Gasteiger partial charge >= 0.3 is 0 Å². The third kappa shape index (κ3) is 2.89. The fraction of sp³-hybridized carbons (Fsp3) is 0.538. The van der Waals surface area contributed by atoms with Crippen molar-refractivity contribution in [1.82, 2.24) is 4.90 Å². The minimum Gasteiger partial charge on any atom is -0.492 e. The number of nitrogen functional groups attached to an aromatic ring is 1. The van der Waals surface area contributed by atoms with Gasteiger partial charge in [-0.3, -0.25) is 4.90 Å². The van der Waals surface area contributed by atoms with E-state index in [0.29, 0.717) is 5.41 Å². The predicted octanol–water partition coefficient (Wildman–Crippen LogP) is 1.99. The van der Waals surface area contributed by atoms with Crippen LogP contribution in [0.5, 0.6) is 5.75 Å². The number of nitrogens with zero attached hydrogens (tertiary/aromatic N) is 1. The zero-order chi connectivity index (χ0) is 11.6. The average molecular weight is 220 g/mol. The molecule has 0 amide bonds. The summed E-state index contributed by atoms with van der Waals surface area (Å²) in [6.07, 6.45) is 0. The molecule has 3 heteroatoms. The molecule has 0 saturated carbocycles. The molecule has 0 bridgehead atoms. The molecule has 1 aromatic carbocycles. The molecule has 0 aliphatic carbocycles. The maximum atomic E-state index is 5.64. The van der Waals surface area contributed by atoms with E-state index in [4.69, 9.17) is 10.5 Å². The van der Waals surface area contributed by atoms with Gasteiger partial charge in [0, 0.05) is 25.3 Å². The average Bonchev–Trinajstić information content (AvgIpc) is 2.18. The van der Waals surface area contributed by atoms with Crippen molar-refractivity contribution in [1.29, 1.82) is 0 Å². The Balaban J connectivity index is 1.67. The van der Waals surface area contributed by atoms with Gasteiger partial charge in [-0.1, -0.05) is 13.8 Å². The summed E-state index contributed by atoms with van der Waals surface area (Å²) in [5.74, 6) is 0.897. The molecule has 1 heterocycles. The molecule has 1 aromatic rings. The quantitative estimate of drug-likeness (QED) is 0.789. The summed E-state index contributed by atoms with van der Waals surface area (Å²) >= 11 is 0. The summed E-state index contributed by atoms with van der Waals surface area (Å²) in [6.45, 7) is 8.71. The van der Waals surface area contributed by atoms with E-state index in [1.165, 1.54) is 13.1 Å². The fourth-order valence-electron chi connectivity index (χ4n) is 2.18. The molecule has 2 N–H and O–H groups in total. The van der Waals surface area contributed by atoms with Gasteiger partial charge in [0.25, 0.3) is 0 Å². The second-order valence-electron chi connectivity index (χ2n) is 5.29. The Morgan fingerprint density at radius 3 is 2.44 bits per heavy atom. The second-order valence-corrected chi connectivity index (χ2v) is 5.29. The fourth-order valence-corrected chi connectivity index (χ4v) is 2.18. The third-order valence-corrected chi connectivity index (χ3v) is 2.86. The Labute approximate surface area is 97.2 Å². The van der Waals surface area contributed by atoms with Crippen LogP contribution in [0.3, 0.4) is 0 Å². The molecule has 1 saturated heterocycles. The first-order chi connectivity index (χ1) is 7.55. The van der Waals surface area contributed by atoms with Crippen molar-refractivity contribution in [2.24, 2.45) is 5.41 Å². The normalized spacial score (nSPS) is 19.1. The summed E-state index contributed by atoms with van der Waals surface area (Å²) in [5.41, 5.74) is 6.88. The number of rotatable bonds is 4. The van der Waals surface area contributed by atoms with Gasteiger partial charge in [0.05, 0.1) is 0 Å². The maximum absolute atomic E-state index is 5.64. The highest BCUT2D eigenvalue weighted by Gasteiger charge is 2.33. The Morgan fingerprint density at radius 2 is 1.88 bits per heavy atom. The highest BCUT2D eigenvalue weighted by Crippen LogP contribution is 2.27. The molecular formula is C13H20N2O. The van der Waals surface area contributed by atoms with Crippen molar-refractivity contribution in [3.05, 3.63) is 24.3 Å². The molecule has 0 radical (unpaired) electrons. The smallest absolute Gasteiger partial charge is 0.119 e. The topological polar surface area (TPSA) is 38.5 Å². The lowest BCUT2D eigenvalue weighted by Crippen LogP contribution is -2.53. The van der Waals surface area contributed by atoms with Gasteiger partial charge in [-0.25, -0.2) is 0 Å². The first-order valence-corrected chi connectivity index (χ1v) is 5.76. The zero-order valence-electron chi connectivity index (χ0n) is 10.1. The molecule has 1 aliphatic heterocycles. The van der Waals surface area contributed by atoms with Crippen LogP contribution in [0.15, 0.2) is 24.3 Å². The van der Waals surface area contributed by atoms with E-state index in [1.807, 2.05) is 24.3 Å². The van der Waals surface area contributed by atoms with E-state index in [0.717, 1.165) is 24.6 Å². The van der Waals surface area contributed by atoms with Gasteiger partial charge in [-0.05, 0) is 29.7 Å². The van der Waals surface area contributed by atoms with Crippen molar-refractivity contribution >= 4 is 5.69 Å². The minimum absolute atomic E-state index is 0.501. The molecule has 2 rings (SSSR count). The third-order valence-electron chi connectivity index (χ3n) is 2.86. The summed E-state index contributed by atoms with van der Waals surface area (Å²) in [4.78, 5) is 2.41. The van der Waals surface area contributed by atoms with Crippen LogP contribution >= 0.6 is 0 Å². The Morgan fingerprint density at radius 1 is 1.25 bits per heavy atom. The number of hydrogen-bond acceptors (Lipinski definition) is 3. The number of hydrogen-bond donors (Lipinski definition) is 1. The van der Waals surface area contributed by atoms with Gasteiger partial charge in [-0.15, -0.1) is 0 Å². The van der Waals surface area contributed by atoms with Gasteiger partial charge in [0.1, 0.15) is 12.4 Å². The summed E-state index contributed by atoms with van der Waals surface area (Å²) in [5, 5.41) is 0. The highest BCUT2D eigenvalue weighted by molar-refractivity contribution is 5.41. The van der Waals surface area contributed by atoms with Crippen LogP contribution in [-0.4, -0.2) is 31.1 Å². The molecular weight excluding hydrogens is 200 g/mol. The van der Waals surface area contributed by atoms with E-state index < -0.39 is 0 Å². The maximum Gasteiger partial charge on any atom is 0.119 e.